The van der Waals surface area contributed by atoms with E-state index in [2.05, 4.69) is 10.3 Å². The van der Waals surface area contributed by atoms with Gasteiger partial charge in [-0.15, -0.1) is 11.3 Å². The Hall–Kier alpha value is -3.12. The van der Waals surface area contributed by atoms with E-state index in [-0.39, 0.29) is 11.3 Å². The standard InChI is InChI=1S/C25H27N3O6S2/c1-18-2-7-20(8-3-18)22-17-35-25(26-22)27-23(29)16-34-24(30)11-6-19-4-9-21(10-5-19)36(31,32)28-12-14-33-15-13-28/h2-5,7-10,17H,6,11-16H2,1H3,(H,26,27,29). The molecule has 0 unspecified atom stereocenters. The van der Waals surface area contributed by atoms with Crippen molar-refractivity contribution in [3.05, 3.63) is 65.0 Å². The number of nitrogens with zero attached hydrogens (tertiary/aromatic N) is 2. The molecule has 1 N–H and O–H groups in total. The van der Waals surface area contributed by atoms with Crippen LogP contribution in [-0.4, -0.2) is 62.5 Å². The van der Waals surface area contributed by atoms with Gasteiger partial charge < -0.3 is 9.47 Å². The van der Waals surface area contributed by atoms with Crippen molar-refractivity contribution in [3.8, 4) is 11.3 Å². The molecule has 0 atom stereocenters. The van der Waals surface area contributed by atoms with Crippen molar-refractivity contribution in [2.45, 2.75) is 24.7 Å². The molecule has 36 heavy (non-hydrogen) atoms. The molecule has 0 aliphatic carbocycles. The molecule has 0 spiro atoms. The number of nitrogens with one attached hydrogen (secondary N) is 1. The molecule has 3 aromatic rings. The van der Waals surface area contributed by atoms with Gasteiger partial charge in [0.1, 0.15) is 0 Å². The number of thiazole rings is 1. The largest absolute Gasteiger partial charge is 0.456 e. The van der Waals surface area contributed by atoms with Crippen LogP contribution in [0.2, 0.25) is 0 Å². The number of carbonyl (C=O) groups is 2. The molecule has 2 heterocycles. The van der Waals surface area contributed by atoms with Gasteiger partial charge >= 0.3 is 5.97 Å². The Morgan fingerprint density at radius 3 is 2.47 bits per heavy atom. The van der Waals surface area contributed by atoms with Crippen LogP contribution >= 0.6 is 11.3 Å². The molecule has 0 radical (unpaired) electrons. The number of benzene rings is 2. The molecule has 1 amide bonds. The molecule has 1 aliphatic rings. The second kappa shape index (κ2) is 11.7. The molecule has 1 aromatic heterocycles. The third-order valence-corrected chi connectivity index (χ3v) is 8.28. The lowest BCUT2D eigenvalue weighted by Gasteiger charge is -2.26. The van der Waals surface area contributed by atoms with Gasteiger partial charge in [0.25, 0.3) is 5.91 Å². The van der Waals surface area contributed by atoms with Gasteiger partial charge in [0, 0.05) is 30.5 Å². The van der Waals surface area contributed by atoms with Crippen molar-refractivity contribution < 1.29 is 27.5 Å². The second-order valence-corrected chi connectivity index (χ2v) is 11.1. The SMILES string of the molecule is Cc1ccc(-c2csc(NC(=O)COC(=O)CCc3ccc(S(=O)(=O)N4CCOCC4)cc3)n2)cc1. The van der Waals surface area contributed by atoms with E-state index in [1.807, 2.05) is 36.6 Å². The molecule has 9 nitrogen and oxygen atoms in total. The van der Waals surface area contributed by atoms with Gasteiger partial charge in [-0.1, -0.05) is 42.0 Å². The van der Waals surface area contributed by atoms with Crippen molar-refractivity contribution in [3.63, 3.8) is 0 Å². The quantitative estimate of drug-likeness (QED) is 0.423. The zero-order chi connectivity index (χ0) is 25.5. The Kier molecular flexibility index (Phi) is 8.47. The van der Waals surface area contributed by atoms with E-state index in [0.29, 0.717) is 37.9 Å². The van der Waals surface area contributed by atoms with E-state index in [1.54, 1.807) is 12.1 Å². The van der Waals surface area contributed by atoms with Crippen LogP contribution in [0.4, 0.5) is 5.13 Å². The maximum Gasteiger partial charge on any atom is 0.306 e. The number of morpholine rings is 1. The Labute approximate surface area is 214 Å². The minimum atomic E-state index is -3.56. The highest BCUT2D eigenvalue weighted by molar-refractivity contribution is 7.89. The summed E-state index contributed by atoms with van der Waals surface area (Å²) in [6.45, 7) is 3.04. The topological polar surface area (TPSA) is 115 Å². The molecule has 0 bridgehead atoms. The maximum absolute atomic E-state index is 12.7. The number of esters is 1. The molecule has 1 saturated heterocycles. The molecular weight excluding hydrogens is 502 g/mol. The Bertz CT molecular complexity index is 1300. The fourth-order valence-electron chi connectivity index (χ4n) is 3.57. The van der Waals surface area contributed by atoms with Gasteiger partial charge in [0.2, 0.25) is 10.0 Å². The first-order valence-corrected chi connectivity index (χ1v) is 13.8. The minimum absolute atomic E-state index is 0.0671. The Balaban J connectivity index is 1.21. The summed E-state index contributed by atoms with van der Waals surface area (Å²) in [5.74, 6) is -0.986. The highest BCUT2D eigenvalue weighted by atomic mass is 32.2. The summed E-state index contributed by atoms with van der Waals surface area (Å²) >= 11 is 1.29. The van der Waals surface area contributed by atoms with E-state index >= 15 is 0 Å². The molecule has 1 aliphatic heterocycles. The van der Waals surface area contributed by atoms with Crippen molar-refractivity contribution in [1.82, 2.24) is 9.29 Å². The molecule has 190 valence electrons. The van der Waals surface area contributed by atoms with Crippen LogP contribution in [0.3, 0.4) is 0 Å². The zero-order valence-electron chi connectivity index (χ0n) is 19.8. The number of amides is 1. The number of anilines is 1. The van der Waals surface area contributed by atoms with Crippen molar-refractivity contribution in [2.75, 3.05) is 38.2 Å². The molecule has 0 saturated carbocycles. The van der Waals surface area contributed by atoms with Gasteiger partial charge in [-0.05, 0) is 31.0 Å². The number of ether oxygens (including phenoxy) is 2. The number of sulfonamides is 1. The summed E-state index contributed by atoms with van der Waals surface area (Å²) in [7, 11) is -3.56. The summed E-state index contributed by atoms with van der Waals surface area (Å²) in [5.41, 5.74) is 3.66. The van der Waals surface area contributed by atoms with Crippen LogP contribution in [0.1, 0.15) is 17.5 Å². The van der Waals surface area contributed by atoms with Gasteiger partial charge in [-0.25, -0.2) is 13.4 Å². The van der Waals surface area contributed by atoms with E-state index in [4.69, 9.17) is 9.47 Å². The van der Waals surface area contributed by atoms with E-state index in [1.165, 1.54) is 27.8 Å². The molecule has 4 rings (SSSR count). The second-order valence-electron chi connectivity index (χ2n) is 8.27. The number of carbonyl (C=O) groups excluding carboxylic acids is 2. The van der Waals surface area contributed by atoms with Crippen LogP contribution in [-0.2, 0) is 35.5 Å². The van der Waals surface area contributed by atoms with Crippen molar-refractivity contribution in [1.29, 1.82) is 0 Å². The summed E-state index contributed by atoms with van der Waals surface area (Å²) < 4.78 is 37.1. The van der Waals surface area contributed by atoms with Crippen molar-refractivity contribution >= 4 is 38.4 Å². The van der Waals surface area contributed by atoms with E-state index in [9.17, 15) is 18.0 Å². The first kappa shape index (κ1) is 26.0. The number of rotatable bonds is 9. The number of aromatic nitrogens is 1. The Morgan fingerprint density at radius 1 is 1.08 bits per heavy atom. The maximum atomic E-state index is 12.7. The number of hydrogen-bond donors (Lipinski definition) is 1. The summed E-state index contributed by atoms with van der Waals surface area (Å²) in [4.78, 5) is 28.9. The molecule has 1 fully saturated rings. The predicted octanol–water partition coefficient (Wildman–Crippen LogP) is 3.25. The normalized spacial score (nSPS) is 14.4. The summed E-state index contributed by atoms with van der Waals surface area (Å²) in [6.07, 6.45) is 0.433. The monoisotopic (exact) mass is 529 g/mol. The first-order valence-electron chi connectivity index (χ1n) is 11.5. The lowest BCUT2D eigenvalue weighted by atomic mass is 10.1. The smallest absolute Gasteiger partial charge is 0.306 e. The van der Waals surface area contributed by atoms with Crippen LogP contribution in [0.25, 0.3) is 11.3 Å². The average molecular weight is 530 g/mol. The van der Waals surface area contributed by atoms with E-state index in [0.717, 1.165) is 22.4 Å². The molecular formula is C25H27N3O6S2. The Morgan fingerprint density at radius 2 is 1.78 bits per heavy atom. The predicted molar refractivity (Wildman–Crippen MR) is 136 cm³/mol. The number of hydrogen-bond acceptors (Lipinski definition) is 8. The highest BCUT2D eigenvalue weighted by Crippen LogP contribution is 2.25. The fourth-order valence-corrected chi connectivity index (χ4v) is 5.72. The third kappa shape index (κ3) is 6.76. The van der Waals surface area contributed by atoms with E-state index < -0.39 is 28.5 Å². The summed E-state index contributed by atoms with van der Waals surface area (Å²) in [6, 6.07) is 14.4. The van der Waals surface area contributed by atoms with Crippen molar-refractivity contribution in [2.24, 2.45) is 0 Å². The lowest BCUT2D eigenvalue weighted by molar-refractivity contribution is -0.147. The average Bonchev–Trinajstić information content (AvgIpc) is 3.35. The molecule has 11 heteroatoms. The van der Waals surface area contributed by atoms with Gasteiger partial charge in [0.15, 0.2) is 11.7 Å². The van der Waals surface area contributed by atoms with Gasteiger partial charge in [-0.2, -0.15) is 4.31 Å². The highest BCUT2D eigenvalue weighted by Gasteiger charge is 2.26. The minimum Gasteiger partial charge on any atom is -0.456 e. The van der Waals surface area contributed by atoms with Crippen LogP contribution in [0.15, 0.2) is 58.8 Å². The van der Waals surface area contributed by atoms with Crippen LogP contribution < -0.4 is 5.32 Å². The van der Waals surface area contributed by atoms with Crippen LogP contribution in [0, 0.1) is 6.92 Å². The number of aryl methyl sites for hydroxylation is 2. The fraction of sp³-hybridized carbons (Fsp3) is 0.320. The lowest BCUT2D eigenvalue weighted by Crippen LogP contribution is -2.40. The van der Waals surface area contributed by atoms with Gasteiger partial charge in [0.05, 0.1) is 23.8 Å². The summed E-state index contributed by atoms with van der Waals surface area (Å²) in [5, 5.41) is 4.92. The zero-order valence-corrected chi connectivity index (χ0v) is 21.4. The first-order chi connectivity index (χ1) is 17.3. The molecule has 2 aromatic carbocycles. The third-order valence-electron chi connectivity index (χ3n) is 5.61. The van der Waals surface area contributed by atoms with Gasteiger partial charge in [-0.3, -0.25) is 14.9 Å². The van der Waals surface area contributed by atoms with Crippen LogP contribution in [0.5, 0.6) is 0 Å².